The van der Waals surface area contributed by atoms with Crippen molar-refractivity contribution in [3.63, 3.8) is 0 Å². The number of carbonyl (C=O) groups excluding carboxylic acids is 2. The van der Waals surface area contributed by atoms with Gasteiger partial charge in [0.25, 0.3) is 0 Å². The summed E-state index contributed by atoms with van der Waals surface area (Å²) in [6, 6.07) is 14.8. The fourth-order valence-corrected chi connectivity index (χ4v) is 2.28. The summed E-state index contributed by atoms with van der Waals surface area (Å²) in [6.45, 7) is 1.69. The molecule has 0 radical (unpaired) electrons. The van der Waals surface area contributed by atoms with Crippen molar-refractivity contribution in [2.45, 2.75) is 26.2 Å². The summed E-state index contributed by atoms with van der Waals surface area (Å²) in [5, 5.41) is 0. The van der Waals surface area contributed by atoms with Crippen LogP contribution in [0, 0.1) is 0 Å². The Labute approximate surface area is 147 Å². The van der Waals surface area contributed by atoms with Crippen LogP contribution in [-0.2, 0) is 27.2 Å². The molecule has 5 heteroatoms. The summed E-state index contributed by atoms with van der Waals surface area (Å²) in [4.78, 5) is 22.7. The van der Waals surface area contributed by atoms with Gasteiger partial charge in [-0.05, 0) is 41.8 Å². The maximum Gasteiger partial charge on any atom is 0.308 e. The van der Waals surface area contributed by atoms with Gasteiger partial charge in [0.1, 0.15) is 11.5 Å². The average Bonchev–Trinajstić information content (AvgIpc) is 2.61. The van der Waals surface area contributed by atoms with Gasteiger partial charge in [0.2, 0.25) is 0 Å². The van der Waals surface area contributed by atoms with Crippen molar-refractivity contribution in [3.05, 3.63) is 59.7 Å². The van der Waals surface area contributed by atoms with Crippen LogP contribution < -0.4 is 9.47 Å². The highest BCUT2D eigenvalue weighted by molar-refractivity contribution is 5.70. The van der Waals surface area contributed by atoms with Gasteiger partial charge in [-0.2, -0.15) is 0 Å². The lowest BCUT2D eigenvalue weighted by Crippen LogP contribution is -2.08. The first kappa shape index (κ1) is 18.5. The maximum absolute atomic E-state index is 11.8. The molecule has 0 saturated carbocycles. The van der Waals surface area contributed by atoms with E-state index in [1.54, 1.807) is 19.2 Å². The van der Waals surface area contributed by atoms with E-state index in [4.69, 9.17) is 14.2 Å². The third-order valence-electron chi connectivity index (χ3n) is 3.62. The lowest BCUT2D eigenvalue weighted by molar-refractivity contribution is -0.143. The molecular formula is C20H22O5. The van der Waals surface area contributed by atoms with Gasteiger partial charge in [0.15, 0.2) is 0 Å². The van der Waals surface area contributed by atoms with Gasteiger partial charge in [-0.3, -0.25) is 9.59 Å². The van der Waals surface area contributed by atoms with E-state index in [9.17, 15) is 9.59 Å². The van der Waals surface area contributed by atoms with E-state index < -0.39 is 0 Å². The topological polar surface area (TPSA) is 61.8 Å². The van der Waals surface area contributed by atoms with Gasteiger partial charge in [-0.25, -0.2) is 0 Å². The summed E-state index contributed by atoms with van der Waals surface area (Å²) in [6.07, 6.45) is 1.60. The molecule has 0 heterocycles. The minimum atomic E-state index is -0.349. The quantitative estimate of drug-likeness (QED) is 0.544. The zero-order valence-electron chi connectivity index (χ0n) is 14.5. The minimum Gasteiger partial charge on any atom is -0.497 e. The highest BCUT2D eigenvalue weighted by Gasteiger charge is 2.05. The van der Waals surface area contributed by atoms with Crippen molar-refractivity contribution in [2.24, 2.45) is 0 Å². The van der Waals surface area contributed by atoms with E-state index in [0.29, 0.717) is 31.6 Å². The van der Waals surface area contributed by atoms with Crippen LogP contribution >= 0.6 is 0 Å². The Bertz CT molecular complexity index is 689. The Hall–Kier alpha value is -2.82. The Balaban J connectivity index is 1.68. The number of benzene rings is 2. The summed E-state index contributed by atoms with van der Waals surface area (Å²) in [5.74, 6) is 0.740. The van der Waals surface area contributed by atoms with Gasteiger partial charge in [-0.15, -0.1) is 0 Å². The molecule has 0 atom stereocenters. The van der Waals surface area contributed by atoms with E-state index in [-0.39, 0.29) is 11.9 Å². The Kier molecular flexibility index (Phi) is 7.01. The van der Waals surface area contributed by atoms with Crippen LogP contribution in [0.5, 0.6) is 11.5 Å². The molecule has 0 aliphatic heterocycles. The largest absolute Gasteiger partial charge is 0.497 e. The summed E-state index contributed by atoms with van der Waals surface area (Å²) >= 11 is 0. The molecular weight excluding hydrogens is 320 g/mol. The smallest absolute Gasteiger partial charge is 0.308 e. The maximum atomic E-state index is 11.8. The molecule has 0 spiro atoms. The molecule has 2 aromatic carbocycles. The SMILES string of the molecule is COc1ccc(CCC(=O)OCCc2ccc(OC(C)=O)cc2)cc1. The van der Waals surface area contributed by atoms with Gasteiger partial charge in [-0.1, -0.05) is 24.3 Å². The molecule has 0 saturated heterocycles. The molecule has 25 heavy (non-hydrogen) atoms. The van der Waals surface area contributed by atoms with Crippen LogP contribution in [0.15, 0.2) is 48.5 Å². The van der Waals surface area contributed by atoms with Crippen LogP contribution in [-0.4, -0.2) is 25.7 Å². The molecule has 0 amide bonds. The summed E-state index contributed by atoms with van der Waals surface area (Å²) in [5.41, 5.74) is 2.08. The van der Waals surface area contributed by atoms with Gasteiger partial charge in [0, 0.05) is 19.8 Å². The molecule has 0 aliphatic carbocycles. The van der Waals surface area contributed by atoms with Crippen molar-refractivity contribution >= 4 is 11.9 Å². The highest BCUT2D eigenvalue weighted by atomic mass is 16.5. The van der Waals surface area contributed by atoms with Gasteiger partial charge in [0.05, 0.1) is 13.7 Å². The number of ether oxygens (including phenoxy) is 3. The molecule has 0 aromatic heterocycles. The van der Waals surface area contributed by atoms with Crippen molar-refractivity contribution in [1.29, 1.82) is 0 Å². The van der Waals surface area contributed by atoms with Crippen LogP contribution in [0.2, 0.25) is 0 Å². The zero-order chi connectivity index (χ0) is 18.1. The predicted octanol–water partition coefficient (Wildman–Crippen LogP) is 3.34. The second-order valence-corrected chi connectivity index (χ2v) is 5.56. The van der Waals surface area contributed by atoms with E-state index in [0.717, 1.165) is 16.9 Å². The molecule has 2 aromatic rings. The van der Waals surface area contributed by atoms with E-state index in [1.165, 1.54) is 6.92 Å². The number of esters is 2. The third-order valence-corrected chi connectivity index (χ3v) is 3.62. The average molecular weight is 342 g/mol. The van der Waals surface area contributed by atoms with Crippen molar-refractivity contribution < 1.29 is 23.8 Å². The van der Waals surface area contributed by atoms with Crippen LogP contribution in [0.3, 0.4) is 0 Å². The predicted molar refractivity (Wildman–Crippen MR) is 93.7 cm³/mol. The zero-order valence-corrected chi connectivity index (χ0v) is 14.5. The molecule has 0 N–H and O–H groups in total. The normalized spacial score (nSPS) is 10.2. The van der Waals surface area contributed by atoms with Gasteiger partial charge < -0.3 is 14.2 Å². The molecule has 0 unspecified atom stereocenters. The number of rotatable bonds is 8. The molecule has 5 nitrogen and oxygen atoms in total. The number of methoxy groups -OCH3 is 1. The summed E-state index contributed by atoms with van der Waals surface area (Å²) < 4.78 is 15.3. The first-order valence-corrected chi connectivity index (χ1v) is 8.13. The van der Waals surface area contributed by atoms with Crippen LogP contribution in [0.25, 0.3) is 0 Å². The fraction of sp³-hybridized carbons (Fsp3) is 0.300. The highest BCUT2D eigenvalue weighted by Crippen LogP contribution is 2.14. The minimum absolute atomic E-state index is 0.215. The molecule has 132 valence electrons. The number of hydrogen-bond acceptors (Lipinski definition) is 5. The van der Waals surface area contributed by atoms with E-state index in [1.807, 2.05) is 36.4 Å². The van der Waals surface area contributed by atoms with Crippen LogP contribution in [0.4, 0.5) is 0 Å². The van der Waals surface area contributed by atoms with Crippen molar-refractivity contribution in [2.75, 3.05) is 13.7 Å². The molecule has 0 fully saturated rings. The second-order valence-electron chi connectivity index (χ2n) is 5.56. The standard InChI is InChI=1S/C20H22O5/c1-15(21)25-19-10-5-17(6-11-19)13-14-24-20(22)12-7-16-3-8-18(23-2)9-4-16/h3-6,8-11H,7,12-14H2,1-2H3. The van der Waals surface area contributed by atoms with Crippen LogP contribution in [0.1, 0.15) is 24.5 Å². The monoisotopic (exact) mass is 342 g/mol. The third kappa shape index (κ3) is 6.67. The molecule has 0 aliphatic rings. The lowest BCUT2D eigenvalue weighted by atomic mass is 10.1. The summed E-state index contributed by atoms with van der Waals surface area (Å²) in [7, 11) is 1.62. The number of carbonyl (C=O) groups is 2. The Morgan fingerprint density at radius 3 is 1.96 bits per heavy atom. The number of hydrogen-bond donors (Lipinski definition) is 0. The van der Waals surface area contributed by atoms with Crippen molar-refractivity contribution in [3.8, 4) is 11.5 Å². The first-order chi connectivity index (χ1) is 12.1. The Morgan fingerprint density at radius 2 is 1.40 bits per heavy atom. The van der Waals surface area contributed by atoms with Crippen molar-refractivity contribution in [1.82, 2.24) is 0 Å². The van der Waals surface area contributed by atoms with E-state index >= 15 is 0 Å². The molecule has 0 bridgehead atoms. The fourth-order valence-electron chi connectivity index (χ4n) is 2.28. The van der Waals surface area contributed by atoms with E-state index in [2.05, 4.69) is 0 Å². The first-order valence-electron chi connectivity index (χ1n) is 8.13. The second kappa shape index (κ2) is 9.47. The van der Waals surface area contributed by atoms with Gasteiger partial charge >= 0.3 is 11.9 Å². The molecule has 2 rings (SSSR count). The lowest BCUT2D eigenvalue weighted by Gasteiger charge is -2.07. The number of aryl methyl sites for hydroxylation is 1. The Morgan fingerprint density at radius 1 is 0.840 bits per heavy atom.